The van der Waals surface area contributed by atoms with Gasteiger partial charge in [-0.3, -0.25) is 0 Å². The van der Waals surface area contributed by atoms with Crippen molar-refractivity contribution >= 4 is 11.0 Å². The second-order valence-electron chi connectivity index (χ2n) is 8.01. The third-order valence-electron chi connectivity index (χ3n) is 6.81. The Morgan fingerprint density at radius 1 is 0.885 bits per heavy atom. The number of ether oxygens (including phenoxy) is 1. The van der Waals surface area contributed by atoms with Gasteiger partial charge >= 0.3 is 5.63 Å². The summed E-state index contributed by atoms with van der Waals surface area (Å²) >= 11 is 0. The van der Waals surface area contributed by atoms with Crippen LogP contribution in [0.5, 0.6) is 5.75 Å². The van der Waals surface area contributed by atoms with Gasteiger partial charge in [-0.25, -0.2) is 4.79 Å². The molecule has 0 saturated heterocycles. The first-order valence-corrected chi connectivity index (χ1v) is 9.58. The lowest BCUT2D eigenvalue weighted by atomic mass is 9.70. The van der Waals surface area contributed by atoms with E-state index in [4.69, 9.17) is 9.15 Å². The zero-order valence-electron chi connectivity index (χ0n) is 14.4. The number of hydrogen-bond acceptors (Lipinski definition) is 3. The zero-order valence-corrected chi connectivity index (χ0v) is 14.4. The second kappa shape index (κ2) is 5.23. The standard InChI is InChI=1S/C23H20O3/c24-23-20-18(13-6-2-1-3-7-13)19-14-10-11-15(12-14)21(19)26-22(20)16-8-4-5-9-17(16)25-23/h1-9,14-15,18-19,21H,10-12H2/t14?,15?,18-,19?,21-/m1/s1. The molecule has 3 aromatic rings. The number of para-hydroxylation sites is 1. The lowest BCUT2D eigenvalue weighted by Gasteiger charge is -2.41. The molecule has 5 atom stereocenters. The Labute approximate surface area is 151 Å². The molecular weight excluding hydrogens is 324 g/mol. The minimum Gasteiger partial charge on any atom is -0.488 e. The number of benzene rings is 2. The van der Waals surface area contributed by atoms with Gasteiger partial charge in [-0.1, -0.05) is 42.5 Å². The van der Waals surface area contributed by atoms with Crippen molar-refractivity contribution in [3.63, 3.8) is 0 Å². The molecule has 2 heterocycles. The van der Waals surface area contributed by atoms with E-state index in [1.165, 1.54) is 24.8 Å². The normalized spacial score (nSPS) is 31.5. The van der Waals surface area contributed by atoms with E-state index >= 15 is 0 Å². The molecule has 3 heteroatoms. The maximum atomic E-state index is 13.0. The summed E-state index contributed by atoms with van der Waals surface area (Å²) in [4.78, 5) is 13.0. The van der Waals surface area contributed by atoms with Crippen LogP contribution in [-0.2, 0) is 0 Å². The van der Waals surface area contributed by atoms with Gasteiger partial charge in [0.2, 0.25) is 0 Å². The van der Waals surface area contributed by atoms with Crippen LogP contribution in [0.15, 0.2) is 63.8 Å². The number of hydrogen-bond donors (Lipinski definition) is 0. The maximum absolute atomic E-state index is 13.0. The van der Waals surface area contributed by atoms with E-state index in [0.717, 1.165) is 16.7 Å². The van der Waals surface area contributed by atoms with Gasteiger partial charge in [0, 0.05) is 11.8 Å². The average molecular weight is 344 g/mol. The molecule has 1 aliphatic heterocycles. The molecule has 0 N–H and O–H groups in total. The average Bonchev–Trinajstić information content (AvgIpc) is 3.30. The first-order chi connectivity index (χ1) is 12.8. The van der Waals surface area contributed by atoms with Gasteiger partial charge in [-0.05, 0) is 48.8 Å². The first-order valence-electron chi connectivity index (χ1n) is 9.58. The van der Waals surface area contributed by atoms with Gasteiger partial charge in [-0.2, -0.15) is 0 Å². The van der Waals surface area contributed by atoms with Crippen LogP contribution in [-0.4, -0.2) is 6.10 Å². The van der Waals surface area contributed by atoms with Gasteiger partial charge in [0.05, 0.1) is 10.9 Å². The van der Waals surface area contributed by atoms with Crippen LogP contribution in [0, 0.1) is 17.8 Å². The SMILES string of the molecule is O=c1oc2ccccc2c2c1[C@H](c1ccccc1)C1C3CCC(C3)[C@H]1O2. The molecule has 0 amide bonds. The fourth-order valence-corrected chi connectivity index (χ4v) is 5.83. The largest absolute Gasteiger partial charge is 0.488 e. The fourth-order valence-electron chi connectivity index (χ4n) is 5.83. The summed E-state index contributed by atoms with van der Waals surface area (Å²) in [5.74, 6) is 2.48. The van der Waals surface area contributed by atoms with Crippen LogP contribution in [0.2, 0.25) is 0 Å². The predicted octanol–water partition coefficient (Wildman–Crippen LogP) is 4.73. The van der Waals surface area contributed by atoms with E-state index in [1.807, 2.05) is 30.3 Å². The van der Waals surface area contributed by atoms with E-state index in [9.17, 15) is 4.79 Å². The third-order valence-corrected chi connectivity index (χ3v) is 6.81. The number of rotatable bonds is 1. The smallest absolute Gasteiger partial charge is 0.343 e. The summed E-state index contributed by atoms with van der Waals surface area (Å²) < 4.78 is 12.3. The van der Waals surface area contributed by atoms with Crippen molar-refractivity contribution in [2.45, 2.75) is 31.3 Å². The van der Waals surface area contributed by atoms with Crippen molar-refractivity contribution in [2.24, 2.45) is 17.8 Å². The van der Waals surface area contributed by atoms with Crippen molar-refractivity contribution in [1.29, 1.82) is 0 Å². The number of fused-ring (bicyclic) bond motifs is 8. The molecule has 3 nitrogen and oxygen atoms in total. The summed E-state index contributed by atoms with van der Waals surface area (Å²) in [6, 6.07) is 18.2. The zero-order chi connectivity index (χ0) is 17.3. The minimum absolute atomic E-state index is 0.0705. The lowest BCUT2D eigenvalue weighted by Crippen LogP contribution is -2.42. The Hall–Kier alpha value is -2.55. The Kier molecular flexibility index (Phi) is 2.94. The summed E-state index contributed by atoms with van der Waals surface area (Å²) in [6.45, 7) is 0. The van der Waals surface area contributed by atoms with Crippen molar-refractivity contribution in [1.82, 2.24) is 0 Å². The molecule has 3 unspecified atom stereocenters. The van der Waals surface area contributed by atoms with Crippen LogP contribution in [0.4, 0.5) is 0 Å². The highest BCUT2D eigenvalue weighted by Gasteiger charge is 2.56. The molecule has 1 aromatic heterocycles. The maximum Gasteiger partial charge on any atom is 0.343 e. The van der Waals surface area contributed by atoms with Crippen molar-refractivity contribution in [2.75, 3.05) is 0 Å². The molecule has 6 rings (SSSR count). The molecule has 2 fully saturated rings. The summed E-state index contributed by atoms with van der Waals surface area (Å²) in [5.41, 5.74) is 2.31. The molecule has 3 aliphatic rings. The minimum atomic E-state index is -0.242. The van der Waals surface area contributed by atoms with Crippen LogP contribution in [0.25, 0.3) is 11.0 Å². The Balaban J connectivity index is 1.66. The predicted molar refractivity (Wildman–Crippen MR) is 99.5 cm³/mol. The third kappa shape index (κ3) is 1.86. The molecular formula is C23H20O3. The molecule has 2 bridgehead atoms. The highest BCUT2D eigenvalue weighted by atomic mass is 16.5. The monoisotopic (exact) mass is 344 g/mol. The topological polar surface area (TPSA) is 39.4 Å². The second-order valence-corrected chi connectivity index (χ2v) is 8.01. The van der Waals surface area contributed by atoms with Crippen molar-refractivity contribution in [3.05, 3.63) is 76.1 Å². The molecule has 130 valence electrons. The molecule has 2 aromatic carbocycles. The molecule has 0 radical (unpaired) electrons. The van der Waals surface area contributed by atoms with Crippen LogP contribution in [0.3, 0.4) is 0 Å². The van der Waals surface area contributed by atoms with Crippen LogP contribution < -0.4 is 10.4 Å². The Bertz CT molecular complexity index is 1050. The summed E-state index contributed by atoms with van der Waals surface area (Å²) in [6.07, 6.45) is 3.96. The van der Waals surface area contributed by atoms with Crippen molar-refractivity contribution in [3.8, 4) is 5.75 Å². The van der Waals surface area contributed by atoms with Crippen LogP contribution >= 0.6 is 0 Å². The Morgan fingerprint density at radius 3 is 2.54 bits per heavy atom. The summed E-state index contributed by atoms with van der Waals surface area (Å²) in [7, 11) is 0. The van der Waals surface area contributed by atoms with Crippen LogP contribution in [0.1, 0.15) is 36.3 Å². The lowest BCUT2D eigenvalue weighted by molar-refractivity contribution is 0.0541. The fraction of sp³-hybridized carbons (Fsp3) is 0.348. The van der Waals surface area contributed by atoms with Gasteiger partial charge in [0.25, 0.3) is 0 Å². The molecule has 2 saturated carbocycles. The highest BCUT2D eigenvalue weighted by Crippen LogP contribution is 2.59. The van der Waals surface area contributed by atoms with Gasteiger partial charge in [-0.15, -0.1) is 0 Å². The van der Waals surface area contributed by atoms with Gasteiger partial charge in [0.15, 0.2) is 0 Å². The van der Waals surface area contributed by atoms with Crippen molar-refractivity contribution < 1.29 is 9.15 Å². The van der Waals surface area contributed by atoms with Gasteiger partial charge < -0.3 is 9.15 Å². The summed E-state index contributed by atoms with van der Waals surface area (Å²) in [5, 5.41) is 0.921. The first kappa shape index (κ1) is 14.6. The van der Waals surface area contributed by atoms with E-state index in [2.05, 4.69) is 24.3 Å². The van der Waals surface area contributed by atoms with E-state index in [1.54, 1.807) is 0 Å². The van der Waals surface area contributed by atoms with E-state index < -0.39 is 0 Å². The quantitative estimate of drug-likeness (QED) is 0.599. The van der Waals surface area contributed by atoms with E-state index in [-0.39, 0.29) is 17.6 Å². The molecule has 2 aliphatic carbocycles. The molecule has 0 spiro atoms. The Morgan fingerprint density at radius 2 is 1.65 bits per heavy atom. The van der Waals surface area contributed by atoms with E-state index in [0.29, 0.717) is 23.3 Å². The molecule has 26 heavy (non-hydrogen) atoms. The highest BCUT2D eigenvalue weighted by molar-refractivity contribution is 5.85. The van der Waals surface area contributed by atoms with Gasteiger partial charge in [0.1, 0.15) is 17.4 Å².